The van der Waals surface area contributed by atoms with Crippen molar-refractivity contribution < 1.29 is 0 Å². The van der Waals surface area contributed by atoms with Crippen LogP contribution in [0, 0.1) is 45.3 Å². The second-order valence-corrected chi connectivity index (χ2v) is 8.53. The lowest BCUT2D eigenvalue weighted by molar-refractivity contribution is 0.186. The quantitative estimate of drug-likeness (QED) is 0.794. The summed E-state index contributed by atoms with van der Waals surface area (Å²) in [6, 6.07) is 15.1. The van der Waals surface area contributed by atoms with Crippen molar-refractivity contribution in [2.75, 3.05) is 13.1 Å². The van der Waals surface area contributed by atoms with Crippen molar-refractivity contribution in [3.05, 3.63) is 58.3 Å². The van der Waals surface area contributed by atoms with E-state index in [1.165, 1.54) is 5.56 Å². The number of allylic oxidation sites excluding steroid dienone is 2. The van der Waals surface area contributed by atoms with Gasteiger partial charge in [-0.1, -0.05) is 44.2 Å². The predicted octanol–water partition coefficient (Wildman–Crippen LogP) is 3.94. The summed E-state index contributed by atoms with van der Waals surface area (Å²) < 4.78 is 0. The van der Waals surface area contributed by atoms with Gasteiger partial charge in [0.25, 0.3) is 0 Å². The molecule has 2 atom stereocenters. The summed E-state index contributed by atoms with van der Waals surface area (Å²) in [4.78, 5) is 2.31. The van der Waals surface area contributed by atoms with Crippen molar-refractivity contribution in [1.29, 1.82) is 15.8 Å². The fraction of sp³-hybridized carbons (Fsp3) is 0.458. The molecule has 5 heteroatoms. The maximum absolute atomic E-state index is 9.98. The third-order valence-corrected chi connectivity index (χ3v) is 6.37. The normalized spacial score (nSPS) is 23.8. The average Bonchev–Trinajstić information content (AvgIpc) is 2.73. The van der Waals surface area contributed by atoms with E-state index in [9.17, 15) is 15.8 Å². The van der Waals surface area contributed by atoms with Gasteiger partial charge in [0.1, 0.15) is 0 Å². The van der Waals surface area contributed by atoms with Gasteiger partial charge in [0.05, 0.1) is 29.5 Å². The van der Waals surface area contributed by atoms with E-state index in [0.29, 0.717) is 30.6 Å². The van der Waals surface area contributed by atoms with E-state index in [1.807, 2.05) is 6.08 Å². The lowest BCUT2D eigenvalue weighted by Crippen LogP contribution is -2.48. The zero-order chi connectivity index (χ0) is 21.3. The Hall–Kier alpha value is -3.07. The highest BCUT2D eigenvalue weighted by molar-refractivity contribution is 5.58. The summed E-state index contributed by atoms with van der Waals surface area (Å²) in [5, 5.41) is 29.9. The van der Waals surface area contributed by atoms with Crippen molar-refractivity contribution in [1.82, 2.24) is 4.90 Å². The minimum absolute atomic E-state index is 0.0865. The van der Waals surface area contributed by atoms with E-state index in [2.05, 4.69) is 75.1 Å². The van der Waals surface area contributed by atoms with Gasteiger partial charge in [-0.05, 0) is 36.5 Å². The largest absolute Gasteiger partial charge is 0.399 e. The predicted molar refractivity (Wildman–Crippen MR) is 112 cm³/mol. The van der Waals surface area contributed by atoms with E-state index < -0.39 is 5.41 Å². The van der Waals surface area contributed by atoms with Crippen LogP contribution < -0.4 is 5.73 Å². The van der Waals surface area contributed by atoms with E-state index in [4.69, 9.17) is 5.73 Å². The Labute approximate surface area is 173 Å². The topological polar surface area (TPSA) is 101 Å². The minimum Gasteiger partial charge on any atom is -0.399 e. The number of nitriles is 3. The summed E-state index contributed by atoms with van der Waals surface area (Å²) in [5.41, 5.74) is 8.20. The maximum atomic E-state index is 9.98. The molecule has 1 aromatic rings. The molecule has 0 radical (unpaired) electrons. The summed E-state index contributed by atoms with van der Waals surface area (Å²) in [6.45, 7) is 9.90. The molecule has 0 fully saturated rings. The molecule has 2 unspecified atom stereocenters. The summed E-state index contributed by atoms with van der Waals surface area (Å²) in [5.74, 6) is 0.0130. The van der Waals surface area contributed by atoms with Gasteiger partial charge in [-0.15, -0.1) is 0 Å². The highest BCUT2D eigenvalue weighted by Gasteiger charge is 2.52. The standard InChI is InChI=1S/C24H27N5/c1-15(2)17-5-7-18(8-6-17)22-19(11-25)23(28)24(13-26,14-27)21-9-10-29(16(3)4)12-20(21)22/h5-9,15-16,20,22H,10,12,28H2,1-4H3. The summed E-state index contributed by atoms with van der Waals surface area (Å²) in [6.07, 6.45) is 1.98. The molecular formula is C24H27N5. The summed E-state index contributed by atoms with van der Waals surface area (Å²) >= 11 is 0. The molecule has 0 aromatic heterocycles. The summed E-state index contributed by atoms with van der Waals surface area (Å²) in [7, 11) is 0. The van der Waals surface area contributed by atoms with Crippen molar-refractivity contribution in [3.8, 4) is 18.2 Å². The van der Waals surface area contributed by atoms with Crippen LogP contribution in [0.1, 0.15) is 50.7 Å². The fourth-order valence-electron chi connectivity index (χ4n) is 4.55. The smallest absolute Gasteiger partial charge is 0.204 e. The van der Waals surface area contributed by atoms with E-state index >= 15 is 0 Å². The molecule has 29 heavy (non-hydrogen) atoms. The Bertz CT molecular complexity index is 962. The molecule has 5 nitrogen and oxygen atoms in total. The van der Waals surface area contributed by atoms with Crippen LogP contribution in [-0.2, 0) is 0 Å². The Balaban J connectivity index is 2.23. The molecule has 148 valence electrons. The first kappa shape index (κ1) is 20.7. The van der Waals surface area contributed by atoms with Crippen LogP contribution in [0.2, 0.25) is 0 Å². The molecule has 1 aromatic carbocycles. The van der Waals surface area contributed by atoms with Crippen molar-refractivity contribution >= 4 is 0 Å². The van der Waals surface area contributed by atoms with Gasteiger partial charge in [0, 0.05) is 31.0 Å². The van der Waals surface area contributed by atoms with Crippen LogP contribution in [-0.4, -0.2) is 24.0 Å². The minimum atomic E-state index is -1.56. The Kier molecular flexibility index (Phi) is 5.52. The first-order chi connectivity index (χ1) is 13.8. The average molecular weight is 386 g/mol. The molecule has 1 aliphatic carbocycles. The van der Waals surface area contributed by atoms with E-state index in [-0.39, 0.29) is 17.5 Å². The second-order valence-electron chi connectivity index (χ2n) is 8.53. The second kappa shape index (κ2) is 7.75. The van der Waals surface area contributed by atoms with Crippen molar-refractivity contribution in [3.63, 3.8) is 0 Å². The van der Waals surface area contributed by atoms with Gasteiger partial charge in [0.15, 0.2) is 0 Å². The first-order valence-electron chi connectivity index (χ1n) is 10.1. The third kappa shape index (κ3) is 3.21. The number of benzene rings is 1. The van der Waals surface area contributed by atoms with Gasteiger partial charge < -0.3 is 5.73 Å². The molecule has 0 saturated heterocycles. The lowest BCUT2D eigenvalue weighted by atomic mass is 9.60. The van der Waals surface area contributed by atoms with Crippen LogP contribution in [0.5, 0.6) is 0 Å². The first-order valence-corrected chi connectivity index (χ1v) is 10.1. The number of nitrogens with zero attached hydrogens (tertiary/aromatic N) is 4. The Morgan fingerprint density at radius 2 is 1.69 bits per heavy atom. The maximum Gasteiger partial charge on any atom is 0.204 e. The molecule has 1 heterocycles. The van der Waals surface area contributed by atoms with E-state index in [0.717, 1.165) is 11.1 Å². The molecule has 0 saturated carbocycles. The van der Waals surface area contributed by atoms with Crippen molar-refractivity contribution in [2.45, 2.75) is 45.6 Å². The fourth-order valence-corrected chi connectivity index (χ4v) is 4.55. The number of nitrogens with two attached hydrogens (primary N) is 1. The molecule has 0 spiro atoms. The van der Waals surface area contributed by atoms with Crippen LogP contribution in [0.3, 0.4) is 0 Å². The number of fused-ring (bicyclic) bond motifs is 1. The molecule has 0 bridgehead atoms. The third-order valence-electron chi connectivity index (χ3n) is 6.37. The van der Waals surface area contributed by atoms with Gasteiger partial charge >= 0.3 is 0 Å². The number of hydrogen-bond acceptors (Lipinski definition) is 5. The molecular weight excluding hydrogens is 358 g/mol. The lowest BCUT2D eigenvalue weighted by Gasteiger charge is -2.46. The van der Waals surface area contributed by atoms with Gasteiger partial charge in [-0.2, -0.15) is 15.8 Å². The molecule has 2 aliphatic rings. The van der Waals surface area contributed by atoms with Crippen LogP contribution >= 0.6 is 0 Å². The Morgan fingerprint density at radius 1 is 1.07 bits per heavy atom. The van der Waals surface area contributed by atoms with E-state index in [1.54, 1.807) is 0 Å². The molecule has 3 rings (SSSR count). The highest BCUT2D eigenvalue weighted by Crippen LogP contribution is 2.52. The van der Waals surface area contributed by atoms with Gasteiger partial charge in [-0.25, -0.2) is 0 Å². The molecule has 0 amide bonds. The zero-order valence-corrected chi connectivity index (χ0v) is 17.5. The van der Waals surface area contributed by atoms with Crippen LogP contribution in [0.15, 0.2) is 47.2 Å². The number of hydrogen-bond donors (Lipinski definition) is 1. The van der Waals surface area contributed by atoms with Crippen LogP contribution in [0.25, 0.3) is 0 Å². The zero-order valence-electron chi connectivity index (χ0n) is 17.5. The molecule has 1 aliphatic heterocycles. The van der Waals surface area contributed by atoms with Gasteiger partial charge in [0.2, 0.25) is 5.41 Å². The SMILES string of the molecule is CC(C)c1ccc(C2C(C#N)=C(N)C(C#N)(C#N)C3=CCN(C(C)C)CC32)cc1. The van der Waals surface area contributed by atoms with Crippen LogP contribution in [0.4, 0.5) is 0 Å². The molecule has 2 N–H and O–H groups in total. The highest BCUT2D eigenvalue weighted by atomic mass is 15.2. The monoisotopic (exact) mass is 385 g/mol. The van der Waals surface area contributed by atoms with Gasteiger partial charge in [-0.3, -0.25) is 4.90 Å². The number of rotatable bonds is 3. The Morgan fingerprint density at radius 3 is 2.17 bits per heavy atom. The van der Waals surface area contributed by atoms with Crippen molar-refractivity contribution in [2.24, 2.45) is 17.1 Å².